The number of hydrogen-bond acceptors (Lipinski definition) is 4. The van der Waals surface area contributed by atoms with Crippen LogP contribution in [-0.2, 0) is 0 Å². The highest BCUT2D eigenvalue weighted by Crippen LogP contribution is 2.18. The molecule has 0 fully saturated rings. The number of carbonyl (C=O) groups is 1. The molecule has 1 heterocycles. The van der Waals surface area contributed by atoms with Crippen molar-refractivity contribution in [2.75, 3.05) is 11.9 Å². The van der Waals surface area contributed by atoms with Gasteiger partial charge in [0.1, 0.15) is 5.75 Å². The summed E-state index contributed by atoms with van der Waals surface area (Å²) in [6, 6.07) is 14.3. The molecular formula is C18H17ClN4O2. The van der Waals surface area contributed by atoms with Gasteiger partial charge in [-0.15, -0.1) is 5.10 Å². The maximum atomic E-state index is 12.5. The number of nitrogens with one attached hydrogen (secondary N) is 1. The van der Waals surface area contributed by atoms with Crippen molar-refractivity contribution in [1.29, 1.82) is 0 Å². The normalized spacial score (nSPS) is 10.5. The minimum Gasteiger partial charge on any atom is -0.494 e. The second kappa shape index (κ2) is 7.36. The summed E-state index contributed by atoms with van der Waals surface area (Å²) in [5.74, 6) is 0.429. The first-order valence-corrected chi connectivity index (χ1v) is 8.18. The van der Waals surface area contributed by atoms with Gasteiger partial charge in [0.25, 0.3) is 5.91 Å². The van der Waals surface area contributed by atoms with Gasteiger partial charge in [-0.2, -0.15) is 9.90 Å². The Morgan fingerprint density at radius 3 is 2.64 bits per heavy atom. The van der Waals surface area contributed by atoms with Crippen LogP contribution in [0.5, 0.6) is 5.75 Å². The highest BCUT2D eigenvalue weighted by molar-refractivity contribution is 6.30. The molecule has 0 bridgehead atoms. The Balaban J connectivity index is 1.78. The molecule has 3 aromatic rings. The number of carbonyl (C=O) groups excluding carboxylic acids is 1. The van der Waals surface area contributed by atoms with E-state index in [2.05, 4.69) is 15.5 Å². The number of benzene rings is 2. The van der Waals surface area contributed by atoms with Crippen molar-refractivity contribution < 1.29 is 9.53 Å². The van der Waals surface area contributed by atoms with E-state index in [1.54, 1.807) is 49.4 Å². The molecule has 25 heavy (non-hydrogen) atoms. The fourth-order valence-corrected chi connectivity index (χ4v) is 2.48. The number of ether oxygens (including phenoxy) is 1. The van der Waals surface area contributed by atoms with Crippen LogP contribution in [0.4, 0.5) is 5.69 Å². The molecule has 128 valence electrons. The predicted molar refractivity (Wildman–Crippen MR) is 96.7 cm³/mol. The standard InChI is InChI=1S/C18H17ClN4O2/c1-3-25-16-9-7-14(8-10-16)20-18(24)17-12(2)21-23(22-17)15-6-4-5-13(19)11-15/h4-11H,3H2,1-2H3,(H,20,24). The fraction of sp³-hybridized carbons (Fsp3) is 0.167. The van der Waals surface area contributed by atoms with Crippen LogP contribution in [0.1, 0.15) is 23.1 Å². The van der Waals surface area contributed by atoms with E-state index in [0.717, 1.165) is 5.75 Å². The maximum Gasteiger partial charge on any atom is 0.278 e. The lowest BCUT2D eigenvalue weighted by atomic mass is 10.2. The predicted octanol–water partition coefficient (Wildman–Crippen LogP) is 3.88. The summed E-state index contributed by atoms with van der Waals surface area (Å²) >= 11 is 5.99. The van der Waals surface area contributed by atoms with Gasteiger partial charge in [0.05, 0.1) is 18.0 Å². The molecule has 3 rings (SSSR count). The second-order valence-electron chi connectivity index (χ2n) is 5.31. The highest BCUT2D eigenvalue weighted by Gasteiger charge is 2.16. The van der Waals surface area contributed by atoms with Crippen molar-refractivity contribution >= 4 is 23.2 Å². The number of halogens is 1. The molecule has 0 aliphatic heterocycles. The molecule has 0 aliphatic rings. The van der Waals surface area contributed by atoms with Crippen LogP contribution in [0.15, 0.2) is 48.5 Å². The minimum absolute atomic E-state index is 0.258. The summed E-state index contributed by atoms with van der Waals surface area (Å²) in [7, 11) is 0. The SMILES string of the molecule is CCOc1ccc(NC(=O)c2nn(-c3cccc(Cl)c3)nc2C)cc1. The number of hydrogen-bond donors (Lipinski definition) is 1. The Morgan fingerprint density at radius 1 is 1.20 bits per heavy atom. The minimum atomic E-state index is -0.324. The summed E-state index contributed by atoms with van der Waals surface area (Å²) in [6.07, 6.45) is 0. The molecule has 0 unspecified atom stereocenters. The molecule has 0 spiro atoms. The van der Waals surface area contributed by atoms with E-state index >= 15 is 0 Å². The van der Waals surface area contributed by atoms with Gasteiger partial charge in [0.15, 0.2) is 5.69 Å². The lowest BCUT2D eigenvalue weighted by molar-refractivity contribution is 0.102. The summed E-state index contributed by atoms with van der Waals surface area (Å²) in [5.41, 5.74) is 2.14. The largest absolute Gasteiger partial charge is 0.494 e. The van der Waals surface area contributed by atoms with Crippen molar-refractivity contribution in [3.8, 4) is 11.4 Å². The Bertz CT molecular complexity index is 890. The summed E-state index contributed by atoms with van der Waals surface area (Å²) in [5, 5.41) is 11.9. The molecule has 0 radical (unpaired) electrons. The molecule has 0 saturated carbocycles. The van der Waals surface area contributed by atoms with E-state index in [4.69, 9.17) is 16.3 Å². The quantitative estimate of drug-likeness (QED) is 0.753. The lowest BCUT2D eigenvalue weighted by Gasteiger charge is -2.06. The van der Waals surface area contributed by atoms with Crippen LogP contribution in [0, 0.1) is 6.92 Å². The van der Waals surface area contributed by atoms with E-state index < -0.39 is 0 Å². The number of amides is 1. The van der Waals surface area contributed by atoms with E-state index in [0.29, 0.717) is 28.7 Å². The molecule has 0 saturated heterocycles. The zero-order valence-corrected chi connectivity index (χ0v) is 14.6. The van der Waals surface area contributed by atoms with Gasteiger partial charge in [0, 0.05) is 10.7 Å². The first-order chi connectivity index (χ1) is 12.1. The maximum absolute atomic E-state index is 12.5. The van der Waals surface area contributed by atoms with Gasteiger partial charge >= 0.3 is 0 Å². The monoisotopic (exact) mass is 356 g/mol. The Labute approximate surface area is 150 Å². The van der Waals surface area contributed by atoms with Gasteiger partial charge in [0.2, 0.25) is 0 Å². The van der Waals surface area contributed by atoms with Crippen LogP contribution in [0.25, 0.3) is 5.69 Å². The van der Waals surface area contributed by atoms with Crippen LogP contribution in [-0.4, -0.2) is 27.5 Å². The fourth-order valence-electron chi connectivity index (χ4n) is 2.30. The van der Waals surface area contributed by atoms with E-state index in [9.17, 15) is 4.79 Å². The third kappa shape index (κ3) is 3.97. The topological polar surface area (TPSA) is 69.0 Å². The van der Waals surface area contributed by atoms with Crippen molar-refractivity contribution in [2.45, 2.75) is 13.8 Å². The van der Waals surface area contributed by atoms with E-state index in [1.807, 2.05) is 13.0 Å². The zero-order chi connectivity index (χ0) is 17.8. The van der Waals surface area contributed by atoms with Crippen LogP contribution in [0.3, 0.4) is 0 Å². The smallest absolute Gasteiger partial charge is 0.278 e. The first-order valence-electron chi connectivity index (χ1n) is 7.81. The van der Waals surface area contributed by atoms with Crippen LogP contribution in [0.2, 0.25) is 5.02 Å². The second-order valence-corrected chi connectivity index (χ2v) is 5.75. The van der Waals surface area contributed by atoms with Gasteiger partial charge in [-0.1, -0.05) is 17.7 Å². The van der Waals surface area contributed by atoms with Gasteiger partial charge in [-0.05, 0) is 56.3 Å². The van der Waals surface area contributed by atoms with Gasteiger partial charge < -0.3 is 10.1 Å². The molecule has 1 N–H and O–H groups in total. The zero-order valence-electron chi connectivity index (χ0n) is 13.9. The summed E-state index contributed by atoms with van der Waals surface area (Å²) in [4.78, 5) is 13.9. The number of rotatable bonds is 5. The average molecular weight is 357 g/mol. The van der Waals surface area contributed by atoms with E-state index in [1.165, 1.54) is 4.80 Å². The third-order valence-electron chi connectivity index (χ3n) is 3.46. The molecule has 0 atom stereocenters. The molecule has 7 heteroatoms. The average Bonchev–Trinajstić information content (AvgIpc) is 2.99. The van der Waals surface area contributed by atoms with Crippen LogP contribution >= 0.6 is 11.6 Å². The Kier molecular flexibility index (Phi) is 5.00. The molecule has 6 nitrogen and oxygen atoms in total. The number of aromatic nitrogens is 3. The molecule has 0 aliphatic carbocycles. The van der Waals surface area contributed by atoms with E-state index in [-0.39, 0.29) is 11.6 Å². The Hall–Kier alpha value is -2.86. The third-order valence-corrected chi connectivity index (χ3v) is 3.69. The van der Waals surface area contributed by atoms with Gasteiger partial charge in [-0.25, -0.2) is 0 Å². The van der Waals surface area contributed by atoms with Crippen molar-refractivity contribution in [3.63, 3.8) is 0 Å². The van der Waals surface area contributed by atoms with Crippen molar-refractivity contribution in [3.05, 3.63) is 64.9 Å². The van der Waals surface area contributed by atoms with Gasteiger partial charge in [-0.3, -0.25) is 4.79 Å². The number of aryl methyl sites for hydroxylation is 1. The first kappa shape index (κ1) is 17.0. The molecule has 2 aromatic carbocycles. The molecule has 1 aromatic heterocycles. The lowest BCUT2D eigenvalue weighted by Crippen LogP contribution is -2.14. The highest BCUT2D eigenvalue weighted by atomic mass is 35.5. The van der Waals surface area contributed by atoms with Crippen molar-refractivity contribution in [2.24, 2.45) is 0 Å². The summed E-state index contributed by atoms with van der Waals surface area (Å²) < 4.78 is 5.38. The number of anilines is 1. The number of nitrogens with zero attached hydrogens (tertiary/aromatic N) is 3. The van der Waals surface area contributed by atoms with Crippen molar-refractivity contribution in [1.82, 2.24) is 15.0 Å². The summed E-state index contributed by atoms with van der Waals surface area (Å²) in [6.45, 7) is 4.25. The van der Waals surface area contributed by atoms with Crippen LogP contribution < -0.4 is 10.1 Å². The molecular weight excluding hydrogens is 340 g/mol. The Morgan fingerprint density at radius 2 is 1.96 bits per heavy atom. The molecule has 1 amide bonds.